The first-order chi connectivity index (χ1) is 10.2. The van der Waals surface area contributed by atoms with Crippen molar-refractivity contribution < 1.29 is 0 Å². The van der Waals surface area contributed by atoms with E-state index in [1.807, 2.05) is 12.1 Å². The predicted molar refractivity (Wildman–Crippen MR) is 93.3 cm³/mol. The Labute approximate surface area is 133 Å². The van der Waals surface area contributed by atoms with E-state index in [1.165, 1.54) is 21.9 Å². The third-order valence-electron chi connectivity index (χ3n) is 3.90. The van der Waals surface area contributed by atoms with Gasteiger partial charge in [0.2, 0.25) is 0 Å². The second kappa shape index (κ2) is 6.42. The van der Waals surface area contributed by atoms with Gasteiger partial charge in [0.25, 0.3) is 0 Å². The summed E-state index contributed by atoms with van der Waals surface area (Å²) in [4.78, 5) is 0. The Morgan fingerprint density at radius 1 is 0.857 bits per heavy atom. The Morgan fingerprint density at radius 2 is 1.57 bits per heavy atom. The van der Waals surface area contributed by atoms with Gasteiger partial charge in [-0.25, -0.2) is 0 Å². The lowest BCUT2D eigenvalue weighted by Crippen LogP contribution is -2.11. The summed E-state index contributed by atoms with van der Waals surface area (Å²) < 4.78 is 1.09. The average Bonchev–Trinajstić information content (AvgIpc) is 2.53. The molecular formula is C19H18BrN. The maximum Gasteiger partial charge on any atom is 0.0298 e. The lowest BCUT2D eigenvalue weighted by atomic mass is 9.96. The van der Waals surface area contributed by atoms with Crippen LogP contribution in [0.2, 0.25) is 0 Å². The van der Waals surface area contributed by atoms with E-state index in [4.69, 9.17) is 5.73 Å². The highest BCUT2D eigenvalue weighted by atomic mass is 79.9. The van der Waals surface area contributed by atoms with Gasteiger partial charge in [-0.15, -0.1) is 0 Å². The zero-order valence-electron chi connectivity index (χ0n) is 11.8. The van der Waals surface area contributed by atoms with Crippen molar-refractivity contribution in [3.05, 3.63) is 82.3 Å². The SMILES string of the molecule is NC(CCc1cccc2ccccc12)c1ccc(Br)cc1. The molecule has 0 spiro atoms. The van der Waals surface area contributed by atoms with Crippen LogP contribution < -0.4 is 5.73 Å². The summed E-state index contributed by atoms with van der Waals surface area (Å²) in [5.41, 5.74) is 8.89. The van der Waals surface area contributed by atoms with Crippen LogP contribution in [-0.4, -0.2) is 0 Å². The quantitative estimate of drug-likeness (QED) is 0.691. The first-order valence-corrected chi connectivity index (χ1v) is 8.01. The van der Waals surface area contributed by atoms with Crippen LogP contribution in [0.25, 0.3) is 10.8 Å². The van der Waals surface area contributed by atoms with Crippen LogP contribution in [0.15, 0.2) is 71.2 Å². The minimum absolute atomic E-state index is 0.0806. The van der Waals surface area contributed by atoms with Crippen molar-refractivity contribution in [2.45, 2.75) is 18.9 Å². The summed E-state index contributed by atoms with van der Waals surface area (Å²) in [5, 5.41) is 2.63. The van der Waals surface area contributed by atoms with Crippen molar-refractivity contribution in [2.75, 3.05) is 0 Å². The van der Waals surface area contributed by atoms with E-state index in [1.54, 1.807) is 0 Å². The van der Waals surface area contributed by atoms with Crippen LogP contribution in [0.5, 0.6) is 0 Å². The van der Waals surface area contributed by atoms with E-state index in [9.17, 15) is 0 Å². The second-order valence-corrected chi connectivity index (χ2v) is 6.25. The molecule has 3 aromatic rings. The number of fused-ring (bicyclic) bond motifs is 1. The molecule has 1 atom stereocenters. The third-order valence-corrected chi connectivity index (χ3v) is 4.43. The van der Waals surface area contributed by atoms with Gasteiger partial charge in [-0.05, 0) is 46.9 Å². The Bertz CT molecular complexity index is 729. The molecule has 0 aliphatic rings. The van der Waals surface area contributed by atoms with Crippen molar-refractivity contribution in [1.29, 1.82) is 0 Å². The van der Waals surface area contributed by atoms with Gasteiger partial charge >= 0.3 is 0 Å². The maximum absolute atomic E-state index is 6.32. The molecule has 0 amide bonds. The molecule has 0 aromatic heterocycles. The Hall–Kier alpha value is -1.64. The largest absolute Gasteiger partial charge is 0.324 e. The van der Waals surface area contributed by atoms with Crippen LogP contribution in [0.4, 0.5) is 0 Å². The molecule has 21 heavy (non-hydrogen) atoms. The van der Waals surface area contributed by atoms with Crippen molar-refractivity contribution in [3.63, 3.8) is 0 Å². The van der Waals surface area contributed by atoms with Crippen LogP contribution in [-0.2, 0) is 6.42 Å². The van der Waals surface area contributed by atoms with Crippen LogP contribution in [0.3, 0.4) is 0 Å². The number of hydrogen-bond acceptors (Lipinski definition) is 1. The van der Waals surface area contributed by atoms with Gasteiger partial charge in [-0.1, -0.05) is 70.5 Å². The monoisotopic (exact) mass is 339 g/mol. The molecule has 0 radical (unpaired) electrons. The zero-order valence-corrected chi connectivity index (χ0v) is 13.4. The first kappa shape index (κ1) is 14.3. The number of rotatable bonds is 4. The fraction of sp³-hybridized carbons (Fsp3) is 0.158. The van der Waals surface area contributed by atoms with Crippen LogP contribution >= 0.6 is 15.9 Å². The van der Waals surface area contributed by atoms with E-state index in [-0.39, 0.29) is 6.04 Å². The smallest absolute Gasteiger partial charge is 0.0298 e. The van der Waals surface area contributed by atoms with Gasteiger partial charge in [0, 0.05) is 10.5 Å². The second-order valence-electron chi connectivity index (χ2n) is 5.33. The van der Waals surface area contributed by atoms with E-state index in [0.29, 0.717) is 0 Å². The Morgan fingerprint density at radius 3 is 2.38 bits per heavy atom. The minimum Gasteiger partial charge on any atom is -0.324 e. The zero-order chi connectivity index (χ0) is 14.7. The van der Waals surface area contributed by atoms with E-state index < -0.39 is 0 Å². The minimum atomic E-state index is 0.0806. The molecule has 0 bridgehead atoms. The van der Waals surface area contributed by atoms with Gasteiger partial charge in [0.15, 0.2) is 0 Å². The molecule has 1 unspecified atom stereocenters. The van der Waals surface area contributed by atoms with Crippen molar-refractivity contribution in [2.24, 2.45) is 5.73 Å². The topological polar surface area (TPSA) is 26.0 Å². The fourth-order valence-corrected chi connectivity index (χ4v) is 2.96. The van der Waals surface area contributed by atoms with Crippen molar-refractivity contribution in [1.82, 2.24) is 0 Å². The van der Waals surface area contributed by atoms with Gasteiger partial charge in [-0.3, -0.25) is 0 Å². The molecule has 106 valence electrons. The molecular weight excluding hydrogens is 322 g/mol. The lowest BCUT2D eigenvalue weighted by molar-refractivity contribution is 0.653. The fourth-order valence-electron chi connectivity index (χ4n) is 2.70. The molecule has 3 aromatic carbocycles. The third kappa shape index (κ3) is 3.34. The van der Waals surface area contributed by atoms with E-state index in [2.05, 4.69) is 70.5 Å². The molecule has 0 heterocycles. The molecule has 0 saturated heterocycles. The number of benzene rings is 3. The summed E-state index contributed by atoms with van der Waals surface area (Å²) in [6.45, 7) is 0. The highest BCUT2D eigenvalue weighted by Gasteiger charge is 2.07. The lowest BCUT2D eigenvalue weighted by Gasteiger charge is -2.13. The van der Waals surface area contributed by atoms with Crippen molar-refractivity contribution in [3.8, 4) is 0 Å². The molecule has 0 aliphatic heterocycles. The Kier molecular flexibility index (Phi) is 4.37. The van der Waals surface area contributed by atoms with Gasteiger partial charge in [0.05, 0.1) is 0 Å². The predicted octanol–water partition coefficient (Wildman–Crippen LogP) is 5.23. The molecule has 2 heteroatoms. The normalized spacial score (nSPS) is 12.5. The standard InChI is InChI=1S/C19H18BrN/c20-17-11-8-16(9-12-17)19(21)13-10-15-6-3-5-14-4-1-2-7-18(14)15/h1-9,11-12,19H,10,13,21H2. The highest BCUT2D eigenvalue weighted by molar-refractivity contribution is 9.10. The highest BCUT2D eigenvalue weighted by Crippen LogP contribution is 2.23. The summed E-state index contributed by atoms with van der Waals surface area (Å²) in [5.74, 6) is 0. The molecule has 1 nitrogen and oxygen atoms in total. The van der Waals surface area contributed by atoms with Gasteiger partial charge in [0.1, 0.15) is 0 Å². The number of halogens is 1. The summed E-state index contributed by atoms with van der Waals surface area (Å²) in [6.07, 6.45) is 1.95. The molecule has 0 fully saturated rings. The number of hydrogen-bond donors (Lipinski definition) is 1. The molecule has 3 rings (SSSR count). The van der Waals surface area contributed by atoms with Crippen LogP contribution in [0, 0.1) is 0 Å². The summed E-state index contributed by atoms with van der Waals surface area (Å²) in [6, 6.07) is 23.4. The number of nitrogens with two attached hydrogens (primary N) is 1. The van der Waals surface area contributed by atoms with Crippen molar-refractivity contribution >= 4 is 26.7 Å². The van der Waals surface area contributed by atoms with Gasteiger partial charge in [-0.2, -0.15) is 0 Å². The molecule has 2 N–H and O–H groups in total. The van der Waals surface area contributed by atoms with E-state index in [0.717, 1.165) is 17.3 Å². The maximum atomic E-state index is 6.32. The first-order valence-electron chi connectivity index (χ1n) is 7.22. The summed E-state index contributed by atoms with van der Waals surface area (Å²) >= 11 is 3.46. The van der Waals surface area contributed by atoms with E-state index >= 15 is 0 Å². The molecule has 0 aliphatic carbocycles. The molecule has 0 saturated carbocycles. The van der Waals surface area contributed by atoms with Gasteiger partial charge < -0.3 is 5.73 Å². The van der Waals surface area contributed by atoms with Crippen LogP contribution in [0.1, 0.15) is 23.6 Å². The average molecular weight is 340 g/mol. The Balaban J connectivity index is 1.76. The summed E-state index contributed by atoms with van der Waals surface area (Å²) in [7, 11) is 0. The number of aryl methyl sites for hydroxylation is 1.